The fourth-order valence-corrected chi connectivity index (χ4v) is 0.777. The van der Waals surface area contributed by atoms with Gasteiger partial charge in [0, 0.05) is 20.1 Å². The maximum Gasteiger partial charge on any atom is 0.0114 e. The van der Waals surface area contributed by atoms with Gasteiger partial charge >= 0.3 is 0 Å². The minimum Gasteiger partial charge on any atom is -0.309 e. The molecule has 0 rings (SSSR count). The predicted octanol–water partition coefficient (Wildman–Crippen LogP) is 0.394. The summed E-state index contributed by atoms with van der Waals surface area (Å²) in [5.41, 5.74) is 3.29. The van der Waals surface area contributed by atoms with Gasteiger partial charge in [0.05, 0.1) is 0 Å². The van der Waals surface area contributed by atoms with E-state index in [4.69, 9.17) is 0 Å². The molecule has 3 nitrogen and oxygen atoms in total. The third-order valence-electron chi connectivity index (χ3n) is 1.64. The summed E-state index contributed by atoms with van der Waals surface area (Å²) in [6.45, 7) is 5.42. The molecule has 0 amide bonds. The molecule has 0 spiro atoms. The van der Waals surface area contributed by atoms with Gasteiger partial charge in [0.1, 0.15) is 0 Å². The second kappa shape index (κ2) is 6.58. The highest BCUT2D eigenvalue weighted by molar-refractivity contribution is 4.47. The summed E-state index contributed by atoms with van der Waals surface area (Å²) in [6, 6.07) is 0. The first-order valence-electron chi connectivity index (χ1n) is 4.26. The van der Waals surface area contributed by atoms with E-state index in [1.54, 1.807) is 0 Å². The summed E-state index contributed by atoms with van der Waals surface area (Å²) >= 11 is 0. The summed E-state index contributed by atoms with van der Waals surface area (Å²) in [5, 5.41) is 2.11. The summed E-state index contributed by atoms with van der Waals surface area (Å²) in [7, 11) is 6.27. The van der Waals surface area contributed by atoms with Crippen LogP contribution in [0.1, 0.15) is 13.3 Å². The molecular weight excluding hydrogens is 138 g/mol. The number of rotatable bonds is 6. The number of nitrogens with zero attached hydrogens (tertiary/aromatic N) is 2. The highest BCUT2D eigenvalue weighted by Gasteiger charge is 1.92. The van der Waals surface area contributed by atoms with Gasteiger partial charge in [-0.05, 0) is 27.1 Å². The molecule has 0 radical (unpaired) electrons. The fraction of sp³-hybridized carbons (Fsp3) is 1.00. The third-order valence-corrected chi connectivity index (χ3v) is 1.64. The van der Waals surface area contributed by atoms with Crippen molar-refractivity contribution in [2.45, 2.75) is 13.3 Å². The van der Waals surface area contributed by atoms with Gasteiger partial charge < -0.3 is 4.90 Å². The van der Waals surface area contributed by atoms with Crippen molar-refractivity contribution >= 4 is 0 Å². The van der Waals surface area contributed by atoms with Gasteiger partial charge in [-0.3, -0.25) is 5.43 Å². The Hall–Kier alpha value is -0.120. The van der Waals surface area contributed by atoms with Crippen LogP contribution < -0.4 is 5.43 Å². The molecule has 0 heterocycles. The van der Waals surface area contributed by atoms with Crippen LogP contribution >= 0.6 is 0 Å². The van der Waals surface area contributed by atoms with Gasteiger partial charge in [-0.1, -0.05) is 6.92 Å². The second-order valence-electron chi connectivity index (χ2n) is 3.08. The lowest BCUT2D eigenvalue weighted by molar-refractivity contribution is 0.240. The van der Waals surface area contributed by atoms with Crippen molar-refractivity contribution in [2.24, 2.45) is 0 Å². The standard InChI is InChI=1S/C8H21N3/c1-5-11(4)9-7-6-8-10(2)3/h9H,5-8H2,1-4H3. The van der Waals surface area contributed by atoms with Crippen molar-refractivity contribution in [1.29, 1.82) is 0 Å². The van der Waals surface area contributed by atoms with Crippen molar-refractivity contribution in [2.75, 3.05) is 40.8 Å². The molecule has 68 valence electrons. The zero-order valence-electron chi connectivity index (χ0n) is 8.22. The lowest BCUT2D eigenvalue weighted by Crippen LogP contribution is -2.35. The maximum atomic E-state index is 3.29. The van der Waals surface area contributed by atoms with E-state index in [1.165, 1.54) is 6.42 Å². The molecule has 0 unspecified atom stereocenters. The van der Waals surface area contributed by atoms with Crippen molar-refractivity contribution in [3.05, 3.63) is 0 Å². The minimum absolute atomic E-state index is 1.06. The van der Waals surface area contributed by atoms with Gasteiger partial charge in [-0.15, -0.1) is 0 Å². The SMILES string of the molecule is CCN(C)NCCCN(C)C. The summed E-state index contributed by atoms with van der Waals surface area (Å²) in [5.74, 6) is 0. The molecular formula is C8H21N3. The van der Waals surface area contributed by atoms with Crippen LogP contribution in [0.4, 0.5) is 0 Å². The molecule has 3 heteroatoms. The Morgan fingerprint density at radius 1 is 1.18 bits per heavy atom. The van der Waals surface area contributed by atoms with E-state index in [-0.39, 0.29) is 0 Å². The number of hydrazine groups is 1. The van der Waals surface area contributed by atoms with Crippen LogP contribution in [0.15, 0.2) is 0 Å². The summed E-state index contributed by atoms with van der Waals surface area (Å²) in [6.07, 6.45) is 1.21. The fourth-order valence-electron chi connectivity index (χ4n) is 0.777. The van der Waals surface area contributed by atoms with Crippen LogP contribution in [0.3, 0.4) is 0 Å². The van der Waals surface area contributed by atoms with E-state index in [0.717, 1.165) is 19.6 Å². The number of hydrogen-bond acceptors (Lipinski definition) is 3. The third kappa shape index (κ3) is 7.78. The molecule has 0 saturated heterocycles. The highest BCUT2D eigenvalue weighted by atomic mass is 15.5. The quantitative estimate of drug-likeness (QED) is 0.447. The van der Waals surface area contributed by atoms with E-state index >= 15 is 0 Å². The van der Waals surface area contributed by atoms with Gasteiger partial charge in [-0.2, -0.15) is 0 Å². The Kier molecular flexibility index (Phi) is 6.51. The van der Waals surface area contributed by atoms with Crippen LogP contribution in [0.25, 0.3) is 0 Å². The zero-order chi connectivity index (χ0) is 8.69. The van der Waals surface area contributed by atoms with E-state index < -0.39 is 0 Å². The van der Waals surface area contributed by atoms with Gasteiger partial charge in [0.25, 0.3) is 0 Å². The number of hydrogen-bond donors (Lipinski definition) is 1. The largest absolute Gasteiger partial charge is 0.309 e. The maximum absolute atomic E-state index is 3.29. The lowest BCUT2D eigenvalue weighted by Gasteiger charge is -2.16. The Balaban J connectivity index is 3.01. The Bertz CT molecular complexity index is 83.4. The van der Waals surface area contributed by atoms with Gasteiger partial charge in [0.15, 0.2) is 0 Å². The van der Waals surface area contributed by atoms with Crippen LogP contribution in [-0.4, -0.2) is 50.7 Å². The first-order valence-corrected chi connectivity index (χ1v) is 4.26. The average Bonchev–Trinajstić information content (AvgIpc) is 1.97. The van der Waals surface area contributed by atoms with E-state index in [2.05, 4.69) is 43.4 Å². The second-order valence-corrected chi connectivity index (χ2v) is 3.08. The van der Waals surface area contributed by atoms with Crippen molar-refractivity contribution in [3.63, 3.8) is 0 Å². The topological polar surface area (TPSA) is 18.5 Å². The summed E-state index contributed by atoms with van der Waals surface area (Å²) < 4.78 is 0. The Morgan fingerprint density at radius 3 is 2.27 bits per heavy atom. The van der Waals surface area contributed by atoms with Crippen molar-refractivity contribution in [1.82, 2.24) is 15.3 Å². The molecule has 0 saturated carbocycles. The van der Waals surface area contributed by atoms with Crippen LogP contribution in [-0.2, 0) is 0 Å². The summed E-state index contributed by atoms with van der Waals surface area (Å²) in [4.78, 5) is 2.20. The Morgan fingerprint density at radius 2 is 1.82 bits per heavy atom. The highest BCUT2D eigenvalue weighted by Crippen LogP contribution is 1.81. The molecule has 0 aliphatic rings. The van der Waals surface area contributed by atoms with Crippen LogP contribution in [0, 0.1) is 0 Å². The zero-order valence-corrected chi connectivity index (χ0v) is 8.22. The number of nitrogens with one attached hydrogen (secondary N) is 1. The molecule has 0 aromatic heterocycles. The smallest absolute Gasteiger partial charge is 0.0114 e. The monoisotopic (exact) mass is 159 g/mol. The molecule has 11 heavy (non-hydrogen) atoms. The van der Waals surface area contributed by atoms with Crippen molar-refractivity contribution in [3.8, 4) is 0 Å². The lowest BCUT2D eigenvalue weighted by atomic mass is 10.4. The van der Waals surface area contributed by atoms with E-state index in [1.807, 2.05) is 0 Å². The molecule has 0 aromatic rings. The molecule has 0 aliphatic carbocycles. The Labute approximate surface area is 70.3 Å². The van der Waals surface area contributed by atoms with Gasteiger partial charge in [0.2, 0.25) is 0 Å². The van der Waals surface area contributed by atoms with E-state index in [0.29, 0.717) is 0 Å². The van der Waals surface area contributed by atoms with Crippen LogP contribution in [0.2, 0.25) is 0 Å². The van der Waals surface area contributed by atoms with E-state index in [9.17, 15) is 0 Å². The first kappa shape index (κ1) is 10.9. The van der Waals surface area contributed by atoms with Gasteiger partial charge in [-0.25, -0.2) is 5.01 Å². The molecule has 0 aromatic carbocycles. The van der Waals surface area contributed by atoms with Crippen LogP contribution in [0.5, 0.6) is 0 Å². The average molecular weight is 159 g/mol. The molecule has 0 fully saturated rings. The molecule has 0 aliphatic heterocycles. The molecule has 0 atom stereocenters. The molecule has 1 N–H and O–H groups in total. The first-order chi connectivity index (χ1) is 5.16. The molecule has 0 bridgehead atoms. The van der Waals surface area contributed by atoms with Crippen molar-refractivity contribution < 1.29 is 0 Å². The minimum atomic E-state index is 1.06. The normalized spacial score (nSPS) is 11.5. The predicted molar refractivity (Wildman–Crippen MR) is 49.5 cm³/mol.